The van der Waals surface area contributed by atoms with Gasteiger partial charge >= 0.3 is 5.51 Å². The first-order chi connectivity index (χ1) is 11.7. The molecule has 6 heteroatoms. The maximum atomic E-state index is 13.0. The lowest BCUT2D eigenvalue weighted by Crippen LogP contribution is -2.19. The van der Waals surface area contributed by atoms with E-state index in [2.05, 4.69) is 0 Å². The molecule has 0 aliphatic heterocycles. The largest absolute Gasteiger partial charge is 0.446 e. The Morgan fingerprint density at radius 2 is 1.64 bits per heavy atom. The van der Waals surface area contributed by atoms with Gasteiger partial charge in [0.15, 0.2) is 0 Å². The molecule has 2 N–H and O–H groups in total. The molecular formula is C19H17F3N2S. The van der Waals surface area contributed by atoms with E-state index in [9.17, 15) is 13.2 Å². The Morgan fingerprint density at radius 1 is 1.00 bits per heavy atom. The van der Waals surface area contributed by atoms with Crippen LogP contribution in [0.3, 0.4) is 0 Å². The van der Waals surface area contributed by atoms with E-state index in [4.69, 9.17) is 10.8 Å². The fourth-order valence-corrected chi connectivity index (χ4v) is 4.04. The lowest BCUT2D eigenvalue weighted by molar-refractivity contribution is -0.0328. The molecule has 2 aromatic rings. The second kappa shape index (κ2) is 6.33. The third-order valence-electron chi connectivity index (χ3n) is 4.54. The van der Waals surface area contributed by atoms with Crippen molar-refractivity contribution >= 4 is 23.2 Å². The molecule has 1 aliphatic carbocycles. The van der Waals surface area contributed by atoms with Gasteiger partial charge in [-0.25, -0.2) is 0 Å². The molecular weight excluding hydrogens is 345 g/mol. The molecule has 0 fully saturated rings. The summed E-state index contributed by atoms with van der Waals surface area (Å²) in [6.45, 7) is 3.62. The second-order valence-electron chi connectivity index (χ2n) is 6.12. The van der Waals surface area contributed by atoms with Crippen LogP contribution in [-0.2, 0) is 6.42 Å². The molecule has 2 aromatic carbocycles. The van der Waals surface area contributed by atoms with Gasteiger partial charge in [-0.05, 0) is 61.2 Å². The zero-order valence-electron chi connectivity index (χ0n) is 13.8. The number of aryl methyl sites for hydroxylation is 1. The second-order valence-corrected chi connectivity index (χ2v) is 7.22. The van der Waals surface area contributed by atoms with Gasteiger partial charge in [0.1, 0.15) is 0 Å². The number of benzene rings is 2. The van der Waals surface area contributed by atoms with Crippen molar-refractivity contribution in [2.24, 2.45) is 0 Å². The van der Waals surface area contributed by atoms with Crippen LogP contribution in [0.1, 0.15) is 39.8 Å². The van der Waals surface area contributed by atoms with Gasteiger partial charge in [0.25, 0.3) is 0 Å². The number of nitrogens with one attached hydrogen (secondary N) is 2. The van der Waals surface area contributed by atoms with E-state index in [-0.39, 0.29) is 22.4 Å². The Hall–Kier alpha value is -2.08. The van der Waals surface area contributed by atoms with E-state index in [1.54, 1.807) is 31.2 Å². The summed E-state index contributed by atoms with van der Waals surface area (Å²) in [4.78, 5) is 0.141. The van der Waals surface area contributed by atoms with E-state index in [0.29, 0.717) is 40.8 Å². The van der Waals surface area contributed by atoms with Crippen molar-refractivity contribution in [1.29, 1.82) is 10.8 Å². The summed E-state index contributed by atoms with van der Waals surface area (Å²) in [7, 11) is 0. The Morgan fingerprint density at radius 3 is 2.28 bits per heavy atom. The molecule has 2 nitrogen and oxygen atoms in total. The van der Waals surface area contributed by atoms with Gasteiger partial charge in [0.05, 0.1) is 5.71 Å². The highest BCUT2D eigenvalue weighted by Gasteiger charge is 2.33. The van der Waals surface area contributed by atoms with Crippen LogP contribution in [0.15, 0.2) is 35.2 Å². The molecule has 0 bridgehead atoms. The highest BCUT2D eigenvalue weighted by atomic mass is 32.2. The van der Waals surface area contributed by atoms with Crippen molar-refractivity contribution in [1.82, 2.24) is 0 Å². The summed E-state index contributed by atoms with van der Waals surface area (Å²) < 4.78 is 39.0. The first kappa shape index (κ1) is 17.7. The summed E-state index contributed by atoms with van der Waals surface area (Å²) in [5.74, 6) is 0. The number of thioether (sulfide) groups is 1. The first-order valence-corrected chi connectivity index (χ1v) is 8.65. The quantitative estimate of drug-likeness (QED) is 0.633. The van der Waals surface area contributed by atoms with Gasteiger partial charge in [-0.1, -0.05) is 24.3 Å². The average Bonchev–Trinajstić information content (AvgIpc) is 2.53. The number of fused-ring (bicyclic) bond motifs is 2. The molecule has 0 saturated heterocycles. The smallest absolute Gasteiger partial charge is 0.305 e. The van der Waals surface area contributed by atoms with Crippen molar-refractivity contribution in [3.63, 3.8) is 0 Å². The SMILES string of the molecule is Cc1cc(SC(F)(F)F)c2c(c1C)C(=N)c1ccccc1C(=N)CC2. The van der Waals surface area contributed by atoms with Crippen molar-refractivity contribution < 1.29 is 13.2 Å². The van der Waals surface area contributed by atoms with Crippen LogP contribution >= 0.6 is 11.8 Å². The van der Waals surface area contributed by atoms with Crippen LogP contribution < -0.4 is 0 Å². The lowest BCUT2D eigenvalue weighted by Gasteiger charge is -2.24. The number of halogens is 3. The summed E-state index contributed by atoms with van der Waals surface area (Å²) in [5.41, 5.74) is 0.118. The molecule has 0 aromatic heterocycles. The zero-order chi connectivity index (χ0) is 18.4. The third-order valence-corrected chi connectivity index (χ3v) is 5.35. The van der Waals surface area contributed by atoms with E-state index in [1.807, 2.05) is 13.0 Å². The molecule has 130 valence electrons. The summed E-state index contributed by atoms with van der Waals surface area (Å²) >= 11 is -0.128. The fourth-order valence-electron chi connectivity index (χ4n) is 3.22. The summed E-state index contributed by atoms with van der Waals surface area (Å²) in [6, 6.07) is 8.72. The highest BCUT2D eigenvalue weighted by molar-refractivity contribution is 8.00. The minimum Gasteiger partial charge on any atom is -0.305 e. The van der Waals surface area contributed by atoms with Gasteiger partial charge in [-0.2, -0.15) is 13.2 Å². The van der Waals surface area contributed by atoms with Gasteiger partial charge in [-0.3, -0.25) is 5.41 Å². The van der Waals surface area contributed by atoms with Crippen LogP contribution in [0, 0.1) is 24.7 Å². The Bertz CT molecular complexity index is 885. The average molecular weight is 362 g/mol. The fraction of sp³-hybridized carbons (Fsp3) is 0.263. The number of hydrogen-bond donors (Lipinski definition) is 2. The highest BCUT2D eigenvalue weighted by Crippen LogP contribution is 2.42. The van der Waals surface area contributed by atoms with Crippen LogP contribution in [-0.4, -0.2) is 16.9 Å². The summed E-state index contributed by atoms with van der Waals surface area (Å²) in [5, 5.41) is 16.9. The third kappa shape index (κ3) is 3.35. The predicted molar refractivity (Wildman–Crippen MR) is 95.4 cm³/mol. The van der Waals surface area contributed by atoms with Crippen LogP contribution in [0.4, 0.5) is 13.2 Å². The van der Waals surface area contributed by atoms with Crippen molar-refractivity contribution in [2.45, 2.75) is 37.1 Å². The van der Waals surface area contributed by atoms with E-state index in [0.717, 1.165) is 11.1 Å². The Balaban J connectivity index is 2.28. The standard InChI is InChI=1S/C19H17F3N2S/c1-10-9-16(25-19(20,21)22)14-7-8-15(23)12-5-3-4-6-13(12)18(24)17(14)11(10)2/h3-6,9,23-24H,7-8H2,1-2H3. The monoisotopic (exact) mass is 362 g/mol. The minimum absolute atomic E-state index is 0.128. The Kier molecular flexibility index (Phi) is 4.49. The van der Waals surface area contributed by atoms with Crippen LogP contribution in [0.2, 0.25) is 0 Å². The molecule has 25 heavy (non-hydrogen) atoms. The molecule has 0 saturated carbocycles. The van der Waals surface area contributed by atoms with E-state index < -0.39 is 5.51 Å². The van der Waals surface area contributed by atoms with Gasteiger partial charge in [0, 0.05) is 27.3 Å². The molecule has 3 rings (SSSR count). The molecule has 0 radical (unpaired) electrons. The number of rotatable bonds is 1. The molecule has 1 aliphatic rings. The predicted octanol–water partition coefficient (Wildman–Crippen LogP) is 5.65. The zero-order valence-corrected chi connectivity index (χ0v) is 14.7. The van der Waals surface area contributed by atoms with Crippen LogP contribution in [0.5, 0.6) is 0 Å². The topological polar surface area (TPSA) is 47.7 Å². The molecule has 0 heterocycles. The first-order valence-electron chi connectivity index (χ1n) is 7.84. The van der Waals surface area contributed by atoms with Crippen LogP contribution in [0.25, 0.3) is 0 Å². The van der Waals surface area contributed by atoms with Crippen molar-refractivity contribution in [3.05, 3.63) is 63.7 Å². The maximum Gasteiger partial charge on any atom is 0.446 e. The molecule has 0 amide bonds. The lowest BCUT2D eigenvalue weighted by atomic mass is 9.83. The Labute approximate surface area is 148 Å². The molecule has 0 spiro atoms. The van der Waals surface area contributed by atoms with E-state index >= 15 is 0 Å². The number of hydrogen-bond acceptors (Lipinski definition) is 3. The van der Waals surface area contributed by atoms with Gasteiger partial charge in [0.2, 0.25) is 0 Å². The molecule has 0 atom stereocenters. The van der Waals surface area contributed by atoms with E-state index in [1.165, 1.54) is 0 Å². The summed E-state index contributed by atoms with van der Waals surface area (Å²) in [6.07, 6.45) is 0.676. The molecule has 0 unspecified atom stereocenters. The number of alkyl halides is 3. The van der Waals surface area contributed by atoms with Crippen molar-refractivity contribution in [3.8, 4) is 0 Å². The normalized spacial score (nSPS) is 14.6. The van der Waals surface area contributed by atoms with Crippen molar-refractivity contribution in [2.75, 3.05) is 0 Å². The minimum atomic E-state index is -4.38. The maximum absolute atomic E-state index is 13.0. The van der Waals surface area contributed by atoms with Gasteiger partial charge in [-0.15, -0.1) is 0 Å². The van der Waals surface area contributed by atoms with Gasteiger partial charge < -0.3 is 5.41 Å².